The Hall–Kier alpha value is -6.82. The number of hydrogen-bond donors (Lipinski definition) is 0. The highest BCUT2D eigenvalue weighted by Gasteiger charge is 2.27. The van der Waals surface area contributed by atoms with Crippen LogP contribution in [0, 0.1) is 0 Å². The van der Waals surface area contributed by atoms with Gasteiger partial charge in [0.05, 0.1) is 38.8 Å². The fourth-order valence-corrected chi connectivity index (χ4v) is 10.4. The molecule has 0 saturated carbocycles. The minimum absolute atomic E-state index is 0.677. The molecule has 13 aromatic rings. The molecule has 0 unspecified atom stereocenters. The van der Waals surface area contributed by atoms with Crippen molar-refractivity contribution < 1.29 is 0 Å². The van der Waals surface area contributed by atoms with Crippen molar-refractivity contribution in [3.63, 3.8) is 0 Å². The van der Waals surface area contributed by atoms with E-state index in [9.17, 15) is 0 Å². The molecule has 0 N–H and O–H groups in total. The molecule has 244 valence electrons. The van der Waals surface area contributed by atoms with Crippen LogP contribution in [0.5, 0.6) is 0 Å². The number of rotatable bonds is 3. The lowest BCUT2D eigenvalue weighted by Crippen LogP contribution is -2.04. The third-order valence-electron chi connectivity index (χ3n) is 11.4. The molecule has 5 heteroatoms. The van der Waals surface area contributed by atoms with Gasteiger partial charge in [0.1, 0.15) is 0 Å². The predicted molar refractivity (Wildman–Crippen MR) is 223 cm³/mol. The second-order valence-electron chi connectivity index (χ2n) is 14.1. The largest absolute Gasteiger partial charge is 0.308 e. The highest BCUT2D eigenvalue weighted by molar-refractivity contribution is 7.26. The van der Waals surface area contributed by atoms with Gasteiger partial charge in [-0.05, 0) is 64.4 Å². The standard InChI is InChI=1S/C48H26N4S/c1-2-9-27(10-3-1)28-17-19-30(20-18-28)46-41-31-12-5-4-11-29(31)21-23-34(41)49-48(50-46)52-37-25-26-40-45-42-36(15-8-16-39(42)53-40)51-35-14-7-6-13-32(35)33-22-24-38(52)44(43(37)45)47(33)51/h1-26H. The Kier molecular flexibility index (Phi) is 5.22. The van der Waals surface area contributed by atoms with E-state index >= 15 is 0 Å². The third-order valence-corrected chi connectivity index (χ3v) is 12.6. The zero-order chi connectivity index (χ0) is 34.4. The summed E-state index contributed by atoms with van der Waals surface area (Å²) in [5.41, 5.74) is 11.3. The number of thiophene rings is 1. The molecule has 53 heavy (non-hydrogen) atoms. The van der Waals surface area contributed by atoms with Crippen LogP contribution in [0.1, 0.15) is 0 Å². The number of para-hydroxylation sites is 1. The van der Waals surface area contributed by atoms with E-state index in [0.29, 0.717) is 5.95 Å². The Morgan fingerprint density at radius 1 is 0.396 bits per heavy atom. The molecule has 0 atom stereocenters. The number of fused-ring (bicyclic) bond motifs is 7. The highest BCUT2D eigenvalue weighted by atomic mass is 32.1. The van der Waals surface area contributed by atoms with Gasteiger partial charge in [0.25, 0.3) is 0 Å². The van der Waals surface area contributed by atoms with Crippen LogP contribution in [0.15, 0.2) is 158 Å². The molecule has 0 radical (unpaired) electrons. The molecule has 5 aromatic heterocycles. The maximum atomic E-state index is 5.58. The Balaban J connectivity index is 1.19. The first kappa shape index (κ1) is 27.8. The van der Waals surface area contributed by atoms with Crippen molar-refractivity contribution in [3.8, 4) is 28.3 Å². The molecule has 5 heterocycles. The molecule has 0 aliphatic heterocycles. The molecule has 0 amide bonds. The van der Waals surface area contributed by atoms with E-state index in [1.165, 1.54) is 74.8 Å². The van der Waals surface area contributed by atoms with Crippen molar-refractivity contribution in [2.75, 3.05) is 0 Å². The predicted octanol–water partition coefficient (Wildman–Crippen LogP) is 13.0. The Morgan fingerprint density at radius 2 is 1.11 bits per heavy atom. The zero-order valence-electron chi connectivity index (χ0n) is 28.2. The van der Waals surface area contributed by atoms with Crippen LogP contribution in [-0.4, -0.2) is 18.9 Å². The van der Waals surface area contributed by atoms with Gasteiger partial charge in [-0.1, -0.05) is 115 Å². The summed E-state index contributed by atoms with van der Waals surface area (Å²) in [5, 5.41) is 11.1. The van der Waals surface area contributed by atoms with E-state index in [0.717, 1.165) is 38.6 Å². The van der Waals surface area contributed by atoms with Crippen LogP contribution in [0.25, 0.3) is 119 Å². The van der Waals surface area contributed by atoms with E-state index in [1.807, 2.05) is 11.3 Å². The van der Waals surface area contributed by atoms with Crippen LogP contribution in [-0.2, 0) is 0 Å². The Labute approximate surface area is 306 Å². The molecule has 8 aromatic carbocycles. The van der Waals surface area contributed by atoms with Crippen molar-refractivity contribution >= 4 is 102 Å². The molecule has 0 fully saturated rings. The van der Waals surface area contributed by atoms with Crippen LogP contribution in [0.3, 0.4) is 0 Å². The summed E-state index contributed by atoms with van der Waals surface area (Å²) < 4.78 is 7.44. The fourth-order valence-electron chi connectivity index (χ4n) is 9.23. The zero-order valence-corrected chi connectivity index (χ0v) is 29.0. The first-order valence-corrected chi connectivity index (χ1v) is 18.8. The van der Waals surface area contributed by atoms with Gasteiger partial charge in [0.2, 0.25) is 5.95 Å². The number of hydrogen-bond acceptors (Lipinski definition) is 3. The lowest BCUT2D eigenvalue weighted by molar-refractivity contribution is 1.01. The first-order valence-electron chi connectivity index (χ1n) is 18.0. The fraction of sp³-hybridized carbons (Fsp3) is 0. The number of benzene rings is 8. The average Bonchev–Trinajstić information content (AvgIpc) is 3.85. The summed E-state index contributed by atoms with van der Waals surface area (Å²) in [6.45, 7) is 0. The number of nitrogens with zero attached hydrogens (tertiary/aromatic N) is 4. The van der Waals surface area contributed by atoms with Crippen molar-refractivity contribution in [1.82, 2.24) is 18.9 Å². The quantitative estimate of drug-likeness (QED) is 0.173. The van der Waals surface area contributed by atoms with Crippen LogP contribution < -0.4 is 0 Å². The first-order chi connectivity index (χ1) is 26.3. The lowest BCUT2D eigenvalue weighted by atomic mass is 9.98. The molecule has 13 rings (SSSR count). The molecule has 0 spiro atoms. The smallest absolute Gasteiger partial charge is 0.235 e. The van der Waals surface area contributed by atoms with Gasteiger partial charge in [-0.2, -0.15) is 0 Å². The monoisotopic (exact) mass is 690 g/mol. The molecular formula is C48H26N4S. The van der Waals surface area contributed by atoms with E-state index in [-0.39, 0.29) is 0 Å². The summed E-state index contributed by atoms with van der Waals surface area (Å²) in [4.78, 5) is 11.0. The van der Waals surface area contributed by atoms with Gasteiger partial charge in [-0.3, -0.25) is 4.57 Å². The summed E-state index contributed by atoms with van der Waals surface area (Å²) >= 11 is 1.88. The third kappa shape index (κ3) is 3.54. The SMILES string of the molecule is c1ccc(-c2ccc(-c3nc(-n4c5ccc6sc7cccc8c7c6c5c5c4ccc4c6ccccc6n8c45)nc4ccc5ccccc5c34)cc2)cc1. The van der Waals surface area contributed by atoms with Crippen molar-refractivity contribution in [1.29, 1.82) is 0 Å². The van der Waals surface area contributed by atoms with Crippen molar-refractivity contribution in [2.45, 2.75) is 0 Å². The van der Waals surface area contributed by atoms with Gasteiger partial charge >= 0.3 is 0 Å². The second kappa shape index (κ2) is 9.94. The summed E-state index contributed by atoms with van der Waals surface area (Å²) in [6, 6.07) is 57.1. The molecule has 0 aliphatic rings. The van der Waals surface area contributed by atoms with Crippen LogP contribution in [0.2, 0.25) is 0 Å². The van der Waals surface area contributed by atoms with Crippen molar-refractivity contribution in [3.05, 3.63) is 158 Å². The maximum absolute atomic E-state index is 5.58. The van der Waals surface area contributed by atoms with E-state index in [2.05, 4.69) is 167 Å². The molecule has 4 nitrogen and oxygen atoms in total. The van der Waals surface area contributed by atoms with E-state index in [4.69, 9.17) is 9.97 Å². The van der Waals surface area contributed by atoms with E-state index < -0.39 is 0 Å². The summed E-state index contributed by atoms with van der Waals surface area (Å²) in [7, 11) is 0. The molecule has 0 bridgehead atoms. The molecule has 0 aliphatic carbocycles. The normalized spacial score (nSPS) is 12.5. The van der Waals surface area contributed by atoms with Gasteiger partial charge in [0, 0.05) is 52.7 Å². The van der Waals surface area contributed by atoms with Gasteiger partial charge in [-0.15, -0.1) is 11.3 Å². The van der Waals surface area contributed by atoms with E-state index in [1.54, 1.807) is 0 Å². The van der Waals surface area contributed by atoms with Gasteiger partial charge in [0.15, 0.2) is 0 Å². The topological polar surface area (TPSA) is 35.1 Å². The average molecular weight is 691 g/mol. The minimum Gasteiger partial charge on any atom is -0.308 e. The Morgan fingerprint density at radius 3 is 2.02 bits per heavy atom. The van der Waals surface area contributed by atoms with Gasteiger partial charge in [-0.25, -0.2) is 9.97 Å². The summed E-state index contributed by atoms with van der Waals surface area (Å²) in [6.07, 6.45) is 0. The van der Waals surface area contributed by atoms with Crippen LogP contribution in [0.4, 0.5) is 0 Å². The summed E-state index contributed by atoms with van der Waals surface area (Å²) in [5.74, 6) is 0.677. The number of aromatic nitrogens is 4. The maximum Gasteiger partial charge on any atom is 0.235 e. The van der Waals surface area contributed by atoms with Crippen LogP contribution >= 0.6 is 11.3 Å². The second-order valence-corrected chi connectivity index (χ2v) is 15.2. The minimum atomic E-state index is 0.677. The Bertz CT molecular complexity index is 3610. The molecule has 0 saturated heterocycles. The van der Waals surface area contributed by atoms with Gasteiger partial charge < -0.3 is 4.40 Å². The molecular weight excluding hydrogens is 665 g/mol. The lowest BCUT2D eigenvalue weighted by Gasteiger charge is -2.14. The highest BCUT2D eigenvalue weighted by Crippen LogP contribution is 2.50. The van der Waals surface area contributed by atoms with Crippen molar-refractivity contribution in [2.24, 2.45) is 0 Å².